The number of primary amides is 1. The number of carbonyl (C=O) groups is 2. The minimum absolute atomic E-state index is 0.0393. The van der Waals surface area contributed by atoms with Gasteiger partial charge in [-0.15, -0.1) is 0 Å². The lowest BCUT2D eigenvalue weighted by Crippen LogP contribution is -2.46. The molecule has 0 aliphatic heterocycles. The lowest BCUT2D eigenvalue weighted by Gasteiger charge is -2.31. The highest BCUT2D eigenvalue weighted by Crippen LogP contribution is 2.32. The van der Waals surface area contributed by atoms with Gasteiger partial charge >= 0.3 is 0 Å². The normalized spacial score (nSPS) is 13.9. The standard InChI is InChI=1S/C15H31N3O2/c1-14(2,3)11(8-9-16)6-7-13(20)18-15(4,5)10-12(17)19/h11H,6-10,16H2,1-5H3,(H2,17,19)(H,18,20). The highest BCUT2D eigenvalue weighted by atomic mass is 16.2. The predicted octanol–water partition coefficient (Wildman–Crippen LogP) is 1.55. The van der Waals surface area contributed by atoms with Crippen molar-refractivity contribution in [2.45, 2.75) is 65.8 Å². The van der Waals surface area contributed by atoms with Crippen molar-refractivity contribution in [1.29, 1.82) is 0 Å². The summed E-state index contributed by atoms with van der Waals surface area (Å²) in [6, 6.07) is 0. The van der Waals surface area contributed by atoms with E-state index in [1.54, 1.807) is 13.8 Å². The van der Waals surface area contributed by atoms with Crippen LogP contribution in [-0.2, 0) is 9.59 Å². The van der Waals surface area contributed by atoms with Crippen LogP contribution in [0.25, 0.3) is 0 Å². The lowest BCUT2D eigenvalue weighted by molar-refractivity contribution is -0.124. The van der Waals surface area contributed by atoms with Crippen LogP contribution < -0.4 is 16.8 Å². The maximum absolute atomic E-state index is 12.0. The van der Waals surface area contributed by atoms with Crippen molar-refractivity contribution in [2.75, 3.05) is 6.54 Å². The van der Waals surface area contributed by atoms with Crippen LogP contribution in [0.2, 0.25) is 0 Å². The average molecular weight is 285 g/mol. The molecule has 0 saturated heterocycles. The minimum Gasteiger partial charge on any atom is -0.370 e. The fraction of sp³-hybridized carbons (Fsp3) is 0.867. The van der Waals surface area contributed by atoms with Crippen LogP contribution in [-0.4, -0.2) is 23.9 Å². The van der Waals surface area contributed by atoms with E-state index in [0.717, 1.165) is 12.8 Å². The number of amides is 2. The number of hydrogen-bond acceptors (Lipinski definition) is 3. The van der Waals surface area contributed by atoms with Crippen LogP contribution in [0.3, 0.4) is 0 Å². The number of hydrogen-bond donors (Lipinski definition) is 3. The van der Waals surface area contributed by atoms with Gasteiger partial charge in [-0.3, -0.25) is 9.59 Å². The Morgan fingerprint density at radius 1 is 1.10 bits per heavy atom. The van der Waals surface area contributed by atoms with Crippen molar-refractivity contribution in [1.82, 2.24) is 5.32 Å². The van der Waals surface area contributed by atoms with Crippen LogP contribution in [0.4, 0.5) is 0 Å². The van der Waals surface area contributed by atoms with E-state index >= 15 is 0 Å². The molecule has 1 atom stereocenters. The first-order valence-electron chi connectivity index (χ1n) is 7.27. The average Bonchev–Trinajstić information content (AvgIpc) is 2.19. The number of nitrogens with two attached hydrogens (primary N) is 2. The van der Waals surface area contributed by atoms with Crippen molar-refractivity contribution in [2.24, 2.45) is 22.8 Å². The van der Waals surface area contributed by atoms with E-state index in [-0.39, 0.29) is 17.7 Å². The first-order chi connectivity index (χ1) is 8.98. The molecular weight excluding hydrogens is 254 g/mol. The van der Waals surface area contributed by atoms with Gasteiger partial charge in [0.05, 0.1) is 0 Å². The summed E-state index contributed by atoms with van der Waals surface area (Å²) >= 11 is 0. The first-order valence-corrected chi connectivity index (χ1v) is 7.27. The Labute approximate surface area is 122 Å². The quantitative estimate of drug-likeness (QED) is 0.631. The molecule has 0 aliphatic carbocycles. The van der Waals surface area contributed by atoms with E-state index in [4.69, 9.17) is 11.5 Å². The molecule has 0 heterocycles. The van der Waals surface area contributed by atoms with E-state index in [9.17, 15) is 9.59 Å². The van der Waals surface area contributed by atoms with Crippen molar-refractivity contribution >= 4 is 11.8 Å². The molecule has 0 aliphatic rings. The number of carbonyl (C=O) groups excluding carboxylic acids is 2. The Morgan fingerprint density at radius 2 is 1.65 bits per heavy atom. The van der Waals surface area contributed by atoms with Gasteiger partial charge in [0.2, 0.25) is 11.8 Å². The summed E-state index contributed by atoms with van der Waals surface area (Å²) in [5, 5.41) is 2.87. The van der Waals surface area contributed by atoms with Gasteiger partial charge in [-0.05, 0) is 44.6 Å². The molecule has 0 spiro atoms. The van der Waals surface area contributed by atoms with Crippen LogP contribution in [0, 0.1) is 11.3 Å². The van der Waals surface area contributed by atoms with Crippen molar-refractivity contribution < 1.29 is 9.59 Å². The molecular formula is C15H31N3O2. The lowest BCUT2D eigenvalue weighted by atomic mass is 9.76. The van der Waals surface area contributed by atoms with E-state index in [0.29, 0.717) is 18.9 Å². The first kappa shape index (κ1) is 18.9. The third kappa shape index (κ3) is 8.15. The Balaban J connectivity index is 4.36. The zero-order valence-corrected chi connectivity index (χ0v) is 13.6. The molecule has 0 aromatic heterocycles. The van der Waals surface area contributed by atoms with Crippen molar-refractivity contribution in [3.05, 3.63) is 0 Å². The van der Waals surface area contributed by atoms with Crippen LogP contribution in [0.1, 0.15) is 60.3 Å². The summed E-state index contributed by atoms with van der Waals surface area (Å²) in [4.78, 5) is 22.9. The molecule has 0 fully saturated rings. The smallest absolute Gasteiger partial charge is 0.220 e. The third-order valence-electron chi connectivity index (χ3n) is 3.55. The fourth-order valence-electron chi connectivity index (χ4n) is 2.44. The highest BCUT2D eigenvalue weighted by Gasteiger charge is 2.26. The Hall–Kier alpha value is -1.10. The van der Waals surface area contributed by atoms with E-state index in [1.165, 1.54) is 0 Å². The number of rotatable bonds is 8. The van der Waals surface area contributed by atoms with Crippen LogP contribution in [0.15, 0.2) is 0 Å². The van der Waals surface area contributed by atoms with Gasteiger partial charge in [-0.1, -0.05) is 20.8 Å². The summed E-state index contributed by atoms with van der Waals surface area (Å²) in [5.74, 6) is -0.0361. The second kappa shape index (κ2) is 7.62. The molecule has 1 unspecified atom stereocenters. The Kier molecular flexibility index (Phi) is 7.20. The summed E-state index contributed by atoms with van der Waals surface area (Å²) in [5.41, 5.74) is 10.4. The molecule has 20 heavy (non-hydrogen) atoms. The summed E-state index contributed by atoms with van der Waals surface area (Å²) in [7, 11) is 0. The fourth-order valence-corrected chi connectivity index (χ4v) is 2.44. The molecule has 0 bridgehead atoms. The van der Waals surface area contributed by atoms with Gasteiger partial charge < -0.3 is 16.8 Å². The second-order valence-electron chi connectivity index (χ2n) is 7.25. The maximum atomic E-state index is 12.0. The molecule has 0 aromatic carbocycles. The minimum atomic E-state index is -0.589. The molecule has 5 N–H and O–H groups in total. The van der Waals surface area contributed by atoms with Crippen molar-refractivity contribution in [3.63, 3.8) is 0 Å². The summed E-state index contributed by atoms with van der Waals surface area (Å²) in [6.45, 7) is 10.7. The van der Waals surface area contributed by atoms with E-state index in [1.807, 2.05) is 0 Å². The van der Waals surface area contributed by atoms with Crippen LogP contribution in [0.5, 0.6) is 0 Å². The van der Waals surface area contributed by atoms with E-state index in [2.05, 4.69) is 26.1 Å². The molecule has 0 aromatic rings. The Morgan fingerprint density at radius 3 is 2.05 bits per heavy atom. The molecule has 5 nitrogen and oxygen atoms in total. The van der Waals surface area contributed by atoms with Gasteiger partial charge in [0, 0.05) is 18.4 Å². The highest BCUT2D eigenvalue weighted by molar-refractivity contribution is 5.79. The summed E-state index contributed by atoms with van der Waals surface area (Å²) in [6.07, 6.45) is 2.31. The number of nitrogens with one attached hydrogen (secondary N) is 1. The van der Waals surface area contributed by atoms with E-state index < -0.39 is 11.4 Å². The zero-order chi connectivity index (χ0) is 16.0. The van der Waals surface area contributed by atoms with Gasteiger partial charge in [0.1, 0.15) is 0 Å². The van der Waals surface area contributed by atoms with Crippen molar-refractivity contribution in [3.8, 4) is 0 Å². The predicted molar refractivity (Wildman–Crippen MR) is 81.9 cm³/mol. The molecule has 0 saturated carbocycles. The monoisotopic (exact) mass is 285 g/mol. The van der Waals surface area contributed by atoms with Gasteiger partial charge in [0.25, 0.3) is 0 Å². The van der Waals surface area contributed by atoms with Gasteiger partial charge in [0.15, 0.2) is 0 Å². The SMILES string of the molecule is CC(C)(CC(N)=O)NC(=O)CCC(CCN)C(C)(C)C. The summed E-state index contributed by atoms with van der Waals surface area (Å²) < 4.78 is 0. The second-order valence-corrected chi connectivity index (χ2v) is 7.25. The van der Waals surface area contributed by atoms with Gasteiger partial charge in [-0.2, -0.15) is 0 Å². The molecule has 118 valence electrons. The van der Waals surface area contributed by atoms with Crippen LogP contribution >= 0.6 is 0 Å². The zero-order valence-electron chi connectivity index (χ0n) is 13.6. The molecule has 0 rings (SSSR count). The topological polar surface area (TPSA) is 98.2 Å². The maximum Gasteiger partial charge on any atom is 0.220 e. The molecule has 5 heteroatoms. The van der Waals surface area contributed by atoms with Gasteiger partial charge in [-0.25, -0.2) is 0 Å². The third-order valence-corrected chi connectivity index (χ3v) is 3.55. The molecule has 0 radical (unpaired) electrons. The Bertz CT molecular complexity index is 333. The molecule has 2 amide bonds. The largest absolute Gasteiger partial charge is 0.370 e.